The molecule has 0 bridgehead atoms. The number of primary amides is 1. The second kappa shape index (κ2) is 9.06. The first-order valence-electron chi connectivity index (χ1n) is 9.13. The zero-order chi connectivity index (χ0) is 19.2. The van der Waals surface area contributed by atoms with E-state index in [9.17, 15) is 9.59 Å². The average molecular weight is 384 g/mol. The van der Waals surface area contributed by atoms with Crippen molar-refractivity contribution in [1.29, 1.82) is 0 Å². The molecule has 2 aromatic rings. The van der Waals surface area contributed by atoms with Gasteiger partial charge in [-0.2, -0.15) is 0 Å². The highest BCUT2D eigenvalue weighted by Crippen LogP contribution is 2.23. The van der Waals surface area contributed by atoms with E-state index >= 15 is 0 Å². The maximum Gasteiger partial charge on any atom is 0.252 e. The fraction of sp³-hybridized carbons (Fsp3) is 0.333. The number of benzene rings is 2. The second-order valence-corrected chi connectivity index (χ2v) is 7.82. The van der Waals surface area contributed by atoms with Gasteiger partial charge in [0.2, 0.25) is 5.91 Å². The van der Waals surface area contributed by atoms with Crippen LogP contribution < -0.4 is 11.1 Å². The topological polar surface area (TPSA) is 75.4 Å². The van der Waals surface area contributed by atoms with Gasteiger partial charge in [0, 0.05) is 30.6 Å². The van der Waals surface area contributed by atoms with Crippen LogP contribution in [0.15, 0.2) is 53.4 Å². The van der Waals surface area contributed by atoms with Gasteiger partial charge in [0.15, 0.2) is 0 Å². The van der Waals surface area contributed by atoms with Crippen LogP contribution in [0.4, 0.5) is 0 Å². The average Bonchev–Trinajstić information content (AvgIpc) is 2.70. The van der Waals surface area contributed by atoms with Crippen LogP contribution in [0.2, 0.25) is 0 Å². The Kier molecular flexibility index (Phi) is 6.53. The van der Waals surface area contributed by atoms with Crippen LogP contribution in [0, 0.1) is 0 Å². The smallest absolute Gasteiger partial charge is 0.252 e. The van der Waals surface area contributed by atoms with Crippen molar-refractivity contribution in [1.82, 2.24) is 10.2 Å². The molecular formula is C21H25N3O2S. The summed E-state index contributed by atoms with van der Waals surface area (Å²) in [5, 5.41) is 3.04. The van der Waals surface area contributed by atoms with E-state index in [1.54, 1.807) is 6.07 Å². The molecule has 0 saturated carbocycles. The molecular weight excluding hydrogens is 358 g/mol. The maximum absolute atomic E-state index is 12.6. The van der Waals surface area contributed by atoms with Crippen molar-refractivity contribution in [2.75, 3.05) is 18.8 Å². The number of hydrogen-bond donors (Lipinski definition) is 2. The number of carbonyl (C=O) groups excluding carboxylic acids is 2. The van der Waals surface area contributed by atoms with E-state index in [1.165, 1.54) is 22.9 Å². The Morgan fingerprint density at radius 2 is 1.85 bits per heavy atom. The highest BCUT2D eigenvalue weighted by Gasteiger charge is 2.21. The zero-order valence-electron chi connectivity index (χ0n) is 15.5. The summed E-state index contributed by atoms with van der Waals surface area (Å²) < 4.78 is 0. The van der Waals surface area contributed by atoms with Crippen molar-refractivity contribution >= 4 is 23.6 Å². The lowest BCUT2D eigenvalue weighted by molar-refractivity contribution is -0.115. The summed E-state index contributed by atoms with van der Waals surface area (Å²) in [6, 6.07) is 16.1. The number of nitrogens with zero attached hydrogens (tertiary/aromatic N) is 1. The molecule has 0 aromatic heterocycles. The molecule has 2 aromatic carbocycles. The van der Waals surface area contributed by atoms with Gasteiger partial charge in [-0.25, -0.2) is 0 Å². The molecule has 1 atom stereocenters. The van der Waals surface area contributed by atoms with Gasteiger partial charge in [-0.15, -0.1) is 11.8 Å². The van der Waals surface area contributed by atoms with Crippen LogP contribution in [0.3, 0.4) is 0 Å². The Morgan fingerprint density at radius 3 is 2.63 bits per heavy atom. The van der Waals surface area contributed by atoms with Crippen molar-refractivity contribution in [3.8, 4) is 0 Å². The van der Waals surface area contributed by atoms with E-state index in [1.807, 2.05) is 18.2 Å². The van der Waals surface area contributed by atoms with Gasteiger partial charge >= 0.3 is 0 Å². The van der Waals surface area contributed by atoms with E-state index in [4.69, 9.17) is 5.73 Å². The molecule has 27 heavy (non-hydrogen) atoms. The summed E-state index contributed by atoms with van der Waals surface area (Å²) in [5.74, 6) is -0.352. The summed E-state index contributed by atoms with van der Waals surface area (Å²) >= 11 is 1.29. The number of hydrogen-bond acceptors (Lipinski definition) is 4. The van der Waals surface area contributed by atoms with Gasteiger partial charge < -0.3 is 11.1 Å². The van der Waals surface area contributed by atoms with E-state index in [0.717, 1.165) is 24.4 Å². The summed E-state index contributed by atoms with van der Waals surface area (Å²) in [4.78, 5) is 26.8. The Balaban J connectivity index is 1.57. The van der Waals surface area contributed by atoms with Crippen LogP contribution in [0.5, 0.6) is 0 Å². The second-order valence-electron chi connectivity index (χ2n) is 6.80. The summed E-state index contributed by atoms with van der Waals surface area (Å²) in [5.41, 5.74) is 8.59. The molecule has 1 unspecified atom stereocenters. The highest BCUT2D eigenvalue weighted by molar-refractivity contribution is 8.00. The predicted molar refractivity (Wildman–Crippen MR) is 109 cm³/mol. The molecule has 1 aliphatic heterocycles. The molecule has 0 radical (unpaired) electrons. The molecule has 3 N–H and O–H groups in total. The minimum absolute atomic E-state index is 0.119. The molecule has 2 amide bonds. The minimum atomic E-state index is -0.394. The minimum Gasteiger partial charge on any atom is -0.369 e. The summed E-state index contributed by atoms with van der Waals surface area (Å²) in [7, 11) is 0. The van der Waals surface area contributed by atoms with Crippen molar-refractivity contribution in [2.45, 2.75) is 30.8 Å². The van der Waals surface area contributed by atoms with Crippen LogP contribution in [-0.4, -0.2) is 41.6 Å². The molecule has 0 aliphatic carbocycles. The van der Waals surface area contributed by atoms with Crippen molar-refractivity contribution in [2.24, 2.45) is 5.73 Å². The van der Waals surface area contributed by atoms with Crippen LogP contribution in [-0.2, 0) is 17.8 Å². The number of rotatable bonds is 7. The van der Waals surface area contributed by atoms with Crippen LogP contribution in [0.1, 0.15) is 28.4 Å². The lowest BCUT2D eigenvalue weighted by Gasteiger charge is -2.33. The normalized spacial score (nSPS) is 15.0. The van der Waals surface area contributed by atoms with Gasteiger partial charge in [-0.05, 0) is 36.6 Å². The zero-order valence-corrected chi connectivity index (χ0v) is 16.3. The predicted octanol–water partition coefficient (Wildman–Crippen LogP) is 2.44. The standard InChI is InChI=1S/C21H25N3O2S/c1-15(24-11-10-16-6-2-3-7-17(16)13-24)12-23-21(26)18-8-4-5-9-19(18)27-14-20(22)25/h2-9,15H,10-14H2,1H3,(H2,22,25)(H,23,26). The lowest BCUT2D eigenvalue weighted by atomic mass is 9.99. The Morgan fingerprint density at radius 1 is 1.15 bits per heavy atom. The summed E-state index contributed by atoms with van der Waals surface area (Å²) in [6.45, 7) is 4.63. The van der Waals surface area contributed by atoms with Gasteiger partial charge in [-0.1, -0.05) is 36.4 Å². The number of nitrogens with one attached hydrogen (secondary N) is 1. The summed E-state index contributed by atoms with van der Waals surface area (Å²) in [6.07, 6.45) is 1.04. The first kappa shape index (κ1) is 19.5. The quantitative estimate of drug-likeness (QED) is 0.720. The SMILES string of the molecule is CC(CNC(=O)c1ccccc1SCC(N)=O)N1CCc2ccccc2C1. The molecule has 1 heterocycles. The first-order chi connectivity index (χ1) is 13.0. The van der Waals surface area contributed by atoms with E-state index in [2.05, 4.69) is 41.4 Å². The third-order valence-electron chi connectivity index (χ3n) is 4.84. The van der Waals surface area contributed by atoms with E-state index in [-0.39, 0.29) is 17.7 Å². The number of fused-ring (bicyclic) bond motifs is 1. The van der Waals surface area contributed by atoms with Gasteiger partial charge in [0.1, 0.15) is 0 Å². The molecule has 5 nitrogen and oxygen atoms in total. The molecule has 1 aliphatic rings. The Bertz CT molecular complexity index is 825. The third kappa shape index (κ3) is 5.11. The van der Waals surface area contributed by atoms with Crippen LogP contribution in [0.25, 0.3) is 0 Å². The number of amides is 2. The Labute approximate surface area is 164 Å². The largest absolute Gasteiger partial charge is 0.369 e. The van der Waals surface area contributed by atoms with E-state index < -0.39 is 5.91 Å². The first-order valence-corrected chi connectivity index (χ1v) is 10.1. The fourth-order valence-corrected chi connectivity index (χ4v) is 4.08. The molecule has 6 heteroatoms. The van der Waals surface area contributed by atoms with Gasteiger partial charge in [0.05, 0.1) is 11.3 Å². The van der Waals surface area contributed by atoms with Crippen molar-refractivity contribution < 1.29 is 9.59 Å². The third-order valence-corrected chi connectivity index (χ3v) is 5.94. The molecule has 0 saturated heterocycles. The number of thioether (sulfide) groups is 1. The monoisotopic (exact) mass is 383 g/mol. The van der Waals surface area contributed by atoms with Gasteiger partial charge in [-0.3, -0.25) is 14.5 Å². The van der Waals surface area contributed by atoms with Gasteiger partial charge in [0.25, 0.3) is 5.91 Å². The highest BCUT2D eigenvalue weighted by atomic mass is 32.2. The maximum atomic E-state index is 12.6. The Hall–Kier alpha value is -2.31. The van der Waals surface area contributed by atoms with Crippen LogP contribution >= 0.6 is 11.8 Å². The lowest BCUT2D eigenvalue weighted by Crippen LogP contribution is -2.44. The fourth-order valence-electron chi connectivity index (χ4n) is 3.29. The molecule has 142 valence electrons. The number of carbonyl (C=O) groups is 2. The number of nitrogens with two attached hydrogens (primary N) is 1. The molecule has 0 fully saturated rings. The van der Waals surface area contributed by atoms with Crippen molar-refractivity contribution in [3.63, 3.8) is 0 Å². The molecule has 0 spiro atoms. The van der Waals surface area contributed by atoms with Crippen molar-refractivity contribution in [3.05, 3.63) is 65.2 Å². The van der Waals surface area contributed by atoms with E-state index in [0.29, 0.717) is 12.1 Å². The molecule has 3 rings (SSSR count).